The van der Waals surface area contributed by atoms with Gasteiger partial charge in [0.15, 0.2) is 5.82 Å². The highest BCUT2D eigenvalue weighted by atomic mass is 35.5. The number of rotatable bonds is 9. The Morgan fingerprint density at radius 1 is 1.11 bits per heavy atom. The number of aromatic nitrogens is 1. The normalized spacial score (nSPS) is 13.9. The molecule has 3 aromatic rings. The molecule has 1 fully saturated rings. The van der Waals surface area contributed by atoms with Crippen LogP contribution in [-0.2, 0) is 4.79 Å². The van der Waals surface area contributed by atoms with E-state index in [4.69, 9.17) is 16.7 Å². The fourth-order valence-corrected chi connectivity index (χ4v) is 4.05. The summed E-state index contributed by atoms with van der Waals surface area (Å²) in [6.07, 6.45) is 3.40. The van der Waals surface area contributed by atoms with E-state index >= 15 is 0 Å². The van der Waals surface area contributed by atoms with Gasteiger partial charge in [0.2, 0.25) is 17.8 Å². The average molecular weight is 522 g/mol. The number of aromatic carboxylic acids is 1. The van der Waals surface area contributed by atoms with Crippen LogP contribution in [0.1, 0.15) is 41.2 Å². The first-order chi connectivity index (χ1) is 17.1. The molecule has 3 N–H and O–H groups in total. The van der Waals surface area contributed by atoms with E-state index in [0.717, 1.165) is 31.2 Å². The second-order valence-corrected chi connectivity index (χ2v) is 8.81. The second-order valence-electron chi connectivity index (χ2n) is 8.40. The molecule has 1 heterocycles. The van der Waals surface area contributed by atoms with E-state index in [1.807, 2.05) is 0 Å². The van der Waals surface area contributed by atoms with Crippen molar-refractivity contribution >= 4 is 29.2 Å². The van der Waals surface area contributed by atoms with Crippen molar-refractivity contribution in [2.45, 2.75) is 31.8 Å². The first-order valence-electron chi connectivity index (χ1n) is 11.0. The zero-order valence-corrected chi connectivity index (χ0v) is 19.4. The molecule has 36 heavy (non-hydrogen) atoms. The Morgan fingerprint density at radius 2 is 1.81 bits per heavy atom. The Hall–Kier alpha value is -3.79. The smallest absolute Gasteiger partial charge is 0.387 e. The molecule has 0 unspecified atom stereocenters. The maximum Gasteiger partial charge on any atom is 0.387 e. The van der Waals surface area contributed by atoms with Crippen LogP contribution in [0.2, 0.25) is 5.02 Å². The van der Waals surface area contributed by atoms with Gasteiger partial charge in [0.05, 0.1) is 21.7 Å². The van der Waals surface area contributed by atoms with Crippen molar-refractivity contribution in [2.75, 3.05) is 5.32 Å². The van der Waals surface area contributed by atoms with Crippen molar-refractivity contribution in [3.8, 4) is 16.9 Å². The first-order valence-corrected chi connectivity index (χ1v) is 11.3. The fraction of sp³-hybridized carbons (Fsp3) is 0.240. The van der Waals surface area contributed by atoms with Crippen LogP contribution in [0.3, 0.4) is 0 Å². The number of hydrogen-bond donors (Lipinski definition) is 3. The number of carbonyl (C=O) groups is 2. The molecular weight excluding hydrogens is 501 g/mol. The van der Waals surface area contributed by atoms with Gasteiger partial charge in [0, 0.05) is 16.5 Å². The predicted octanol–water partition coefficient (Wildman–Crippen LogP) is 5.49. The van der Waals surface area contributed by atoms with Crippen LogP contribution in [0.25, 0.3) is 11.1 Å². The lowest BCUT2D eigenvalue weighted by Gasteiger charge is -2.15. The van der Waals surface area contributed by atoms with Gasteiger partial charge in [-0.3, -0.25) is 10.0 Å². The lowest BCUT2D eigenvalue weighted by Crippen LogP contribution is -2.39. The number of carboxylic acids is 1. The van der Waals surface area contributed by atoms with Crippen LogP contribution >= 0.6 is 11.6 Å². The lowest BCUT2D eigenvalue weighted by atomic mass is 9.95. The molecule has 1 saturated carbocycles. The number of anilines is 1. The Labute approximate surface area is 208 Å². The summed E-state index contributed by atoms with van der Waals surface area (Å²) in [5.74, 6) is -3.50. The van der Waals surface area contributed by atoms with Gasteiger partial charge in [-0.15, -0.1) is 0 Å². The van der Waals surface area contributed by atoms with Crippen molar-refractivity contribution in [3.05, 3.63) is 76.8 Å². The van der Waals surface area contributed by atoms with Gasteiger partial charge in [-0.2, -0.15) is 8.78 Å². The number of alkyl halides is 2. The Morgan fingerprint density at radius 3 is 2.39 bits per heavy atom. The summed E-state index contributed by atoms with van der Waals surface area (Å²) in [7, 11) is 0. The van der Waals surface area contributed by atoms with Gasteiger partial charge >= 0.3 is 12.6 Å². The van der Waals surface area contributed by atoms with Crippen LogP contribution < -0.4 is 14.8 Å². The molecule has 0 spiro atoms. The summed E-state index contributed by atoms with van der Waals surface area (Å²) < 4.78 is 45.5. The summed E-state index contributed by atoms with van der Waals surface area (Å²) in [6, 6.07) is 10.6. The van der Waals surface area contributed by atoms with Crippen molar-refractivity contribution in [2.24, 2.45) is 5.92 Å². The van der Waals surface area contributed by atoms with Crippen molar-refractivity contribution < 1.29 is 42.5 Å². The molecule has 4 rings (SSSR count). The molecule has 188 valence electrons. The Balaban J connectivity index is 1.65. The molecule has 1 aromatic heterocycles. The molecule has 0 bridgehead atoms. The zero-order valence-electron chi connectivity index (χ0n) is 18.6. The van der Waals surface area contributed by atoms with E-state index in [1.54, 1.807) is 0 Å². The summed E-state index contributed by atoms with van der Waals surface area (Å²) in [6.45, 7) is -3.21. The van der Waals surface area contributed by atoms with Gasteiger partial charge in [0.25, 0.3) is 0 Å². The highest BCUT2D eigenvalue weighted by Crippen LogP contribution is 2.40. The molecule has 2 aromatic carbocycles. The predicted molar refractivity (Wildman–Crippen MR) is 123 cm³/mol. The fourth-order valence-electron chi connectivity index (χ4n) is 3.90. The molecular formula is C25H21ClF3N2O5+. The number of carbonyl (C=O) groups excluding carboxylic acids is 1. The van der Waals surface area contributed by atoms with Gasteiger partial charge in [0.1, 0.15) is 11.7 Å². The monoisotopic (exact) mass is 521 g/mol. The summed E-state index contributed by atoms with van der Waals surface area (Å²) in [5.41, 5.74) is 0.283. The average Bonchev–Trinajstić information content (AvgIpc) is 3.65. The highest BCUT2D eigenvalue weighted by Gasteiger charge is 2.36. The summed E-state index contributed by atoms with van der Waals surface area (Å²) >= 11 is 5.83. The zero-order chi connectivity index (χ0) is 26.0. The minimum atomic E-state index is -3.21. The molecule has 0 radical (unpaired) electrons. The third kappa shape index (κ3) is 5.71. The van der Waals surface area contributed by atoms with E-state index in [2.05, 4.69) is 10.1 Å². The van der Waals surface area contributed by atoms with E-state index in [1.165, 1.54) is 36.4 Å². The molecule has 0 saturated heterocycles. The van der Waals surface area contributed by atoms with Gasteiger partial charge in [-0.25, -0.2) is 9.18 Å². The van der Waals surface area contributed by atoms with Crippen LogP contribution in [0.15, 0.2) is 54.7 Å². The lowest BCUT2D eigenvalue weighted by molar-refractivity contribution is -0.909. The maximum absolute atomic E-state index is 14.8. The summed E-state index contributed by atoms with van der Waals surface area (Å²) in [4.78, 5) is 24.2. The van der Waals surface area contributed by atoms with Crippen LogP contribution in [0.4, 0.5) is 18.9 Å². The van der Waals surface area contributed by atoms with Crippen molar-refractivity contribution in [3.63, 3.8) is 0 Å². The number of halogens is 4. The topological polar surface area (TPSA) is 99.7 Å². The Bertz CT molecular complexity index is 1300. The largest absolute Gasteiger partial charge is 0.478 e. The van der Waals surface area contributed by atoms with E-state index in [9.17, 15) is 28.0 Å². The second kappa shape index (κ2) is 10.4. The van der Waals surface area contributed by atoms with Crippen LogP contribution in [0.5, 0.6) is 5.75 Å². The molecule has 1 aliphatic rings. The third-order valence-corrected chi connectivity index (χ3v) is 6.15. The number of nitrogens with zero attached hydrogens (tertiary/aromatic N) is 1. The number of hydrogen-bond acceptors (Lipinski definition) is 4. The summed E-state index contributed by atoms with van der Waals surface area (Å²) in [5, 5.41) is 22.2. The minimum Gasteiger partial charge on any atom is -0.478 e. The minimum absolute atomic E-state index is 0.00624. The first kappa shape index (κ1) is 25.3. The molecule has 11 heteroatoms. The number of nitrogens with one attached hydrogen (secondary N) is 1. The quantitative estimate of drug-likeness (QED) is 0.255. The third-order valence-electron chi connectivity index (χ3n) is 5.86. The van der Waals surface area contributed by atoms with Gasteiger partial charge in [-0.1, -0.05) is 24.4 Å². The maximum atomic E-state index is 14.8. The molecule has 1 aliphatic carbocycles. The number of ether oxygens (including phenoxy) is 1. The molecule has 1 atom stereocenters. The standard InChI is InChI=1S/C25H20ClF3N2O5/c26-18-8-10-20(36-25(28)29)21(22(18)27)15-5-9-19(31(35)12-15)17(11-13-1-2-13)23(32)30-16-6-3-14(4-7-16)24(33)34/h3-10,12-13,17,25H,1-2,11H2,(H2-,30,32,33,34,35)/p+1/t17-/m1/s1. The molecule has 1 amide bonds. The van der Waals surface area contributed by atoms with Crippen LogP contribution in [-0.4, -0.2) is 28.8 Å². The van der Waals surface area contributed by atoms with Crippen molar-refractivity contribution in [1.29, 1.82) is 0 Å². The van der Waals surface area contributed by atoms with Crippen molar-refractivity contribution in [1.82, 2.24) is 0 Å². The highest BCUT2D eigenvalue weighted by molar-refractivity contribution is 6.31. The van der Waals surface area contributed by atoms with Crippen LogP contribution in [0, 0.1) is 11.7 Å². The van der Waals surface area contributed by atoms with Gasteiger partial charge in [-0.05, 0) is 54.8 Å². The number of amides is 1. The number of pyridine rings is 1. The van der Waals surface area contributed by atoms with E-state index in [0.29, 0.717) is 16.8 Å². The Kier molecular flexibility index (Phi) is 7.35. The van der Waals surface area contributed by atoms with E-state index < -0.39 is 36.0 Å². The molecule has 0 aliphatic heterocycles. The number of benzene rings is 2. The van der Waals surface area contributed by atoms with E-state index in [-0.39, 0.29) is 33.3 Å². The number of carboxylic acid groups (broad SMARTS) is 1. The SMILES string of the molecule is O=C(O)c1ccc(NC(=O)[C@H](CC2CC2)c2ccc(-c3c(OC(F)F)ccc(Cl)c3F)c[n+]2O)cc1. The molecule has 7 nitrogen and oxygen atoms in total. The van der Waals surface area contributed by atoms with Gasteiger partial charge < -0.3 is 15.2 Å².